The Bertz CT molecular complexity index is 1290. The van der Waals surface area contributed by atoms with Crippen LogP contribution in [0.25, 0.3) is 21.4 Å². The number of aromatic nitrogens is 3. The van der Waals surface area contributed by atoms with Crippen LogP contribution in [0.1, 0.15) is 21.0 Å². The number of carboxylic acids is 4. The van der Waals surface area contributed by atoms with Crippen LogP contribution in [0.3, 0.4) is 0 Å². The van der Waals surface area contributed by atoms with Gasteiger partial charge in [0.15, 0.2) is 0 Å². The van der Waals surface area contributed by atoms with Crippen molar-refractivity contribution in [1.82, 2.24) is 24.8 Å². The average Bonchev–Trinajstić information content (AvgIpc) is 3.52. The Labute approximate surface area is 220 Å². The van der Waals surface area contributed by atoms with Gasteiger partial charge in [-0.05, 0) is 12.1 Å². The average molecular weight is 564 g/mol. The minimum atomic E-state index is -1.39. The predicted octanol–water partition coefficient (Wildman–Crippen LogP) is 0.551. The molecule has 0 aliphatic carbocycles. The molecule has 0 aliphatic heterocycles. The van der Waals surface area contributed by atoms with E-state index in [9.17, 15) is 28.8 Å². The molecule has 0 fully saturated rings. The lowest BCUT2D eigenvalue weighted by atomic mass is 10.3. The standard InChI is InChI=1S/C21H17N5O10S2/c27-14(28)4-25(5-15(29)30)20(35)12-8-37-18(23-12)10-2-1-3-11(22-10)19-24-13(9-38-19)21(36)26(6-16(31)32)7-17(33)34/h1-3,8-9H,4-7H2,(H,27,28)(H,29,30)(H,31,32)(H,33,34). The third kappa shape index (κ3) is 7.14. The maximum absolute atomic E-state index is 12.6. The minimum Gasteiger partial charge on any atom is -0.480 e. The number of carboxylic acid groups (broad SMARTS) is 4. The molecule has 3 heterocycles. The second-order valence-electron chi connectivity index (χ2n) is 7.38. The highest BCUT2D eigenvalue weighted by Gasteiger charge is 2.25. The maximum Gasteiger partial charge on any atom is 0.323 e. The van der Waals surface area contributed by atoms with Crippen molar-refractivity contribution < 1.29 is 49.2 Å². The molecule has 3 rings (SSSR count). The van der Waals surface area contributed by atoms with Crippen molar-refractivity contribution in [3.05, 3.63) is 40.3 Å². The molecule has 17 heteroatoms. The fourth-order valence-corrected chi connectivity index (χ4v) is 4.55. The van der Waals surface area contributed by atoms with Crippen molar-refractivity contribution in [3.8, 4) is 21.4 Å². The number of carbonyl (C=O) groups excluding carboxylic acids is 2. The maximum atomic E-state index is 12.6. The molecule has 0 atom stereocenters. The summed E-state index contributed by atoms with van der Waals surface area (Å²) in [6, 6.07) is 4.75. The summed E-state index contributed by atoms with van der Waals surface area (Å²) < 4.78 is 0. The zero-order valence-corrected chi connectivity index (χ0v) is 20.6. The normalized spacial score (nSPS) is 10.5. The lowest BCUT2D eigenvalue weighted by Gasteiger charge is -2.16. The van der Waals surface area contributed by atoms with Crippen molar-refractivity contribution in [2.24, 2.45) is 0 Å². The Hall–Kier alpha value is -4.77. The molecule has 0 spiro atoms. The van der Waals surface area contributed by atoms with E-state index in [4.69, 9.17) is 20.4 Å². The predicted molar refractivity (Wildman–Crippen MR) is 129 cm³/mol. The van der Waals surface area contributed by atoms with E-state index in [1.54, 1.807) is 18.2 Å². The van der Waals surface area contributed by atoms with Crippen LogP contribution in [0.2, 0.25) is 0 Å². The molecule has 198 valence electrons. The highest BCUT2D eigenvalue weighted by atomic mass is 32.1. The second kappa shape index (κ2) is 12.0. The van der Waals surface area contributed by atoms with Crippen molar-refractivity contribution in [3.63, 3.8) is 0 Å². The van der Waals surface area contributed by atoms with Crippen LogP contribution in [-0.4, -0.2) is 107 Å². The van der Waals surface area contributed by atoms with Crippen LogP contribution in [0.15, 0.2) is 29.0 Å². The van der Waals surface area contributed by atoms with E-state index in [2.05, 4.69) is 15.0 Å². The van der Waals surface area contributed by atoms with E-state index >= 15 is 0 Å². The summed E-state index contributed by atoms with van der Waals surface area (Å²) in [5.41, 5.74) is 0.268. The van der Waals surface area contributed by atoms with Gasteiger partial charge in [0.1, 0.15) is 47.6 Å². The lowest BCUT2D eigenvalue weighted by Crippen LogP contribution is -2.39. The molecule has 0 bridgehead atoms. The van der Waals surface area contributed by atoms with Crippen LogP contribution in [0, 0.1) is 0 Å². The Morgan fingerprint density at radius 1 is 0.605 bits per heavy atom. The summed E-state index contributed by atoms with van der Waals surface area (Å²) >= 11 is 2.02. The Kier molecular flexibility index (Phi) is 8.77. The number of nitrogens with zero attached hydrogens (tertiary/aromatic N) is 5. The number of hydrogen-bond donors (Lipinski definition) is 4. The molecule has 3 aromatic heterocycles. The third-order valence-corrected chi connectivity index (χ3v) is 6.24. The number of thiazole rings is 2. The van der Waals surface area contributed by atoms with Crippen molar-refractivity contribution >= 4 is 58.4 Å². The van der Waals surface area contributed by atoms with E-state index in [0.29, 0.717) is 21.2 Å². The van der Waals surface area contributed by atoms with Gasteiger partial charge in [0.05, 0.1) is 11.4 Å². The number of hydrogen-bond acceptors (Lipinski definition) is 11. The van der Waals surface area contributed by atoms with Crippen LogP contribution in [0.5, 0.6) is 0 Å². The van der Waals surface area contributed by atoms with Gasteiger partial charge in [-0.25, -0.2) is 15.0 Å². The van der Waals surface area contributed by atoms with Gasteiger partial charge in [-0.1, -0.05) is 6.07 Å². The number of amides is 2. The lowest BCUT2D eigenvalue weighted by molar-refractivity contribution is -0.142. The smallest absolute Gasteiger partial charge is 0.323 e. The summed E-state index contributed by atoms with van der Waals surface area (Å²) in [5.74, 6) is -7.33. The summed E-state index contributed by atoms with van der Waals surface area (Å²) in [7, 11) is 0. The molecule has 0 saturated heterocycles. The zero-order valence-electron chi connectivity index (χ0n) is 19.0. The first-order valence-corrected chi connectivity index (χ1v) is 12.0. The zero-order chi connectivity index (χ0) is 28.0. The number of carbonyl (C=O) groups is 6. The van der Waals surface area contributed by atoms with Crippen molar-refractivity contribution in [2.45, 2.75) is 0 Å². The van der Waals surface area contributed by atoms with E-state index in [1.807, 2.05) is 0 Å². The molecule has 0 unspecified atom stereocenters. The summed E-state index contributed by atoms with van der Waals surface area (Å²) in [4.78, 5) is 83.2. The van der Waals surface area contributed by atoms with Crippen molar-refractivity contribution in [1.29, 1.82) is 0 Å². The van der Waals surface area contributed by atoms with Gasteiger partial charge in [0, 0.05) is 10.8 Å². The SMILES string of the molecule is O=C(O)CN(CC(=O)O)C(=O)c1csc(-c2cccc(-c3nc(C(=O)N(CC(=O)O)CC(=O)O)cs3)n2)n1. The van der Waals surface area contributed by atoms with Gasteiger partial charge >= 0.3 is 23.9 Å². The fourth-order valence-electron chi connectivity index (χ4n) is 3.03. The first kappa shape index (κ1) is 27.8. The highest BCUT2D eigenvalue weighted by Crippen LogP contribution is 2.28. The molecule has 0 aromatic carbocycles. The van der Waals surface area contributed by atoms with Crippen LogP contribution in [0.4, 0.5) is 0 Å². The van der Waals surface area contributed by atoms with E-state index in [-0.39, 0.29) is 21.4 Å². The quantitative estimate of drug-likeness (QED) is 0.236. The topological polar surface area (TPSA) is 228 Å². The molecule has 0 radical (unpaired) electrons. The molecule has 4 N–H and O–H groups in total. The van der Waals surface area contributed by atoms with Gasteiger partial charge in [-0.3, -0.25) is 28.8 Å². The molecule has 3 aromatic rings. The van der Waals surface area contributed by atoms with Crippen LogP contribution in [-0.2, 0) is 19.2 Å². The third-order valence-electron chi connectivity index (χ3n) is 4.51. The van der Waals surface area contributed by atoms with Gasteiger partial charge in [-0.2, -0.15) is 0 Å². The van der Waals surface area contributed by atoms with Gasteiger partial charge in [0.25, 0.3) is 11.8 Å². The van der Waals surface area contributed by atoms with Gasteiger partial charge in [0.2, 0.25) is 0 Å². The number of pyridine rings is 1. The molecule has 0 aliphatic rings. The fraction of sp³-hybridized carbons (Fsp3) is 0.190. The molecular formula is C21H17N5O10S2. The van der Waals surface area contributed by atoms with Gasteiger partial charge < -0.3 is 30.2 Å². The first-order valence-electron chi connectivity index (χ1n) is 10.3. The van der Waals surface area contributed by atoms with E-state index in [0.717, 1.165) is 22.7 Å². The highest BCUT2D eigenvalue weighted by molar-refractivity contribution is 7.13. The Morgan fingerprint density at radius 2 is 0.947 bits per heavy atom. The van der Waals surface area contributed by atoms with Crippen molar-refractivity contribution in [2.75, 3.05) is 26.2 Å². The molecule has 38 heavy (non-hydrogen) atoms. The van der Waals surface area contributed by atoms with Crippen LogP contribution >= 0.6 is 22.7 Å². The molecule has 15 nitrogen and oxygen atoms in total. The minimum absolute atomic E-state index is 0.168. The number of rotatable bonds is 12. The summed E-state index contributed by atoms with van der Waals surface area (Å²) in [6.45, 7) is -3.30. The van der Waals surface area contributed by atoms with E-state index < -0.39 is 61.9 Å². The Balaban J connectivity index is 1.83. The van der Waals surface area contributed by atoms with Gasteiger partial charge in [-0.15, -0.1) is 22.7 Å². The number of aliphatic carboxylic acids is 4. The first-order chi connectivity index (χ1) is 17.9. The molecule has 0 saturated carbocycles. The summed E-state index contributed by atoms with van der Waals surface area (Å²) in [6.07, 6.45) is 0. The molecular weight excluding hydrogens is 546 g/mol. The van der Waals surface area contributed by atoms with E-state index in [1.165, 1.54) is 10.8 Å². The largest absolute Gasteiger partial charge is 0.480 e. The van der Waals surface area contributed by atoms with Crippen LogP contribution < -0.4 is 0 Å². The monoisotopic (exact) mass is 563 g/mol. The second-order valence-corrected chi connectivity index (χ2v) is 9.10. The Morgan fingerprint density at radius 3 is 1.26 bits per heavy atom. The summed E-state index contributed by atoms with van der Waals surface area (Å²) in [5, 5.41) is 39.1. The molecule has 2 amide bonds.